The smallest absolute Gasteiger partial charge is 0.200 e. The molecule has 1 saturated heterocycles. The van der Waals surface area contributed by atoms with Crippen molar-refractivity contribution >= 4 is 5.78 Å². The lowest BCUT2D eigenvalue weighted by Crippen LogP contribution is -2.47. The van der Waals surface area contributed by atoms with Gasteiger partial charge in [0.25, 0.3) is 0 Å². The highest BCUT2D eigenvalue weighted by molar-refractivity contribution is 5.98. The number of carbonyl (C=O) groups excluding carboxylic acids is 1. The van der Waals surface area contributed by atoms with Gasteiger partial charge in [0.1, 0.15) is 0 Å². The van der Waals surface area contributed by atoms with Crippen LogP contribution in [-0.4, -0.2) is 35.9 Å². The second-order valence-corrected chi connectivity index (χ2v) is 14.6. The number of allylic oxidation sites excluding steroid dienone is 2. The van der Waals surface area contributed by atoms with Crippen molar-refractivity contribution in [2.24, 2.45) is 39.7 Å². The van der Waals surface area contributed by atoms with Crippen LogP contribution in [0.5, 0.6) is 0 Å². The third-order valence-corrected chi connectivity index (χ3v) is 8.21. The zero-order valence-corrected chi connectivity index (χ0v) is 27.0. The van der Waals surface area contributed by atoms with Crippen molar-refractivity contribution < 1.29 is 4.79 Å². The van der Waals surface area contributed by atoms with E-state index in [1.54, 1.807) is 13.0 Å². The van der Waals surface area contributed by atoms with Crippen LogP contribution in [0.25, 0.3) is 0 Å². The fourth-order valence-electron chi connectivity index (χ4n) is 6.08. The molecule has 0 spiro atoms. The molecule has 2 rings (SSSR count). The van der Waals surface area contributed by atoms with Gasteiger partial charge in [-0.3, -0.25) is 4.79 Å². The molecule has 222 valence electrons. The third kappa shape index (κ3) is 9.32. The highest BCUT2D eigenvalue weighted by Crippen LogP contribution is 2.66. The van der Waals surface area contributed by atoms with E-state index in [-0.39, 0.29) is 34.1 Å². The van der Waals surface area contributed by atoms with Crippen LogP contribution in [0.1, 0.15) is 88.5 Å². The molecule has 0 aromatic heterocycles. The number of ketones is 1. The summed E-state index contributed by atoms with van der Waals surface area (Å²) < 4.78 is 0. The van der Waals surface area contributed by atoms with Crippen LogP contribution in [0, 0.1) is 34.0 Å². The lowest BCUT2D eigenvalue weighted by Gasteiger charge is -2.44. The first kappa shape index (κ1) is 34.6. The molecule has 1 aliphatic heterocycles. The standard InChI is InChI=1S/C31H53N3O.C3H7N/c1-14-16-25(28(35)21(4)32-17-15-2)33-20(3)27-26-24(31(26,12)13)19-34(27)22(5)23(30(9,10)11)18-29(6,7)8;1-3(2)4/h15,23-27,32-33H,2-5,14,16-19H2,1,6-13H3;1,4H2,2H3. The number of piperidine rings is 1. The summed E-state index contributed by atoms with van der Waals surface area (Å²) in [5.74, 6) is 1.52. The first-order valence-electron chi connectivity index (χ1n) is 14.6. The normalized spacial score (nSPS) is 22.8. The van der Waals surface area contributed by atoms with E-state index in [0.29, 0.717) is 35.7 Å². The van der Waals surface area contributed by atoms with Crippen LogP contribution in [0.4, 0.5) is 0 Å². The van der Waals surface area contributed by atoms with Gasteiger partial charge in [0.05, 0.1) is 17.8 Å². The quantitative estimate of drug-likeness (QED) is 0.171. The van der Waals surface area contributed by atoms with Gasteiger partial charge in [-0.2, -0.15) is 0 Å². The monoisotopic (exact) mass is 540 g/mol. The number of nitrogens with one attached hydrogen (secondary N) is 2. The zero-order valence-electron chi connectivity index (χ0n) is 27.0. The van der Waals surface area contributed by atoms with Crippen LogP contribution < -0.4 is 16.4 Å². The van der Waals surface area contributed by atoms with Gasteiger partial charge in [-0.05, 0) is 53.5 Å². The first-order valence-corrected chi connectivity index (χ1v) is 14.6. The molecule has 1 aliphatic carbocycles. The van der Waals surface area contributed by atoms with Crippen molar-refractivity contribution in [2.45, 2.75) is 101 Å². The molecule has 5 nitrogen and oxygen atoms in total. The number of likely N-dealkylation sites (tertiary alicyclic amines) is 1. The number of carbonyl (C=O) groups is 1. The number of nitrogens with two attached hydrogens (primary N) is 1. The van der Waals surface area contributed by atoms with Gasteiger partial charge in [0.2, 0.25) is 0 Å². The predicted octanol–water partition coefficient (Wildman–Crippen LogP) is 7.16. The van der Waals surface area contributed by atoms with Crippen LogP contribution in [0.3, 0.4) is 0 Å². The minimum absolute atomic E-state index is 0.00475. The molecule has 4 N–H and O–H groups in total. The average Bonchev–Trinajstić information content (AvgIpc) is 3.12. The molecule has 5 unspecified atom stereocenters. The summed E-state index contributed by atoms with van der Waals surface area (Å²) in [6.45, 7) is 44.3. The minimum Gasteiger partial charge on any atom is -0.403 e. The van der Waals surface area contributed by atoms with Crippen LogP contribution in [-0.2, 0) is 4.79 Å². The van der Waals surface area contributed by atoms with E-state index in [4.69, 9.17) is 12.3 Å². The number of nitrogens with zero attached hydrogens (tertiary/aromatic N) is 1. The fourth-order valence-corrected chi connectivity index (χ4v) is 6.08. The van der Waals surface area contributed by atoms with Crippen molar-refractivity contribution in [1.29, 1.82) is 0 Å². The summed E-state index contributed by atoms with van der Waals surface area (Å²) in [6.07, 6.45) is 4.47. The lowest BCUT2D eigenvalue weighted by molar-refractivity contribution is -0.117. The Hall–Kier alpha value is -2.43. The van der Waals surface area contributed by atoms with Gasteiger partial charge in [-0.15, -0.1) is 6.58 Å². The summed E-state index contributed by atoms with van der Waals surface area (Å²) in [5.41, 5.74) is 8.78. The Morgan fingerprint density at radius 3 is 2.10 bits per heavy atom. The van der Waals surface area contributed by atoms with E-state index < -0.39 is 0 Å². The maximum absolute atomic E-state index is 13.2. The van der Waals surface area contributed by atoms with E-state index in [1.165, 1.54) is 5.70 Å². The molecule has 0 aromatic rings. The molecule has 0 radical (unpaired) electrons. The Bertz CT molecular complexity index is 926. The highest BCUT2D eigenvalue weighted by atomic mass is 16.1. The first-order chi connectivity index (χ1) is 17.7. The van der Waals surface area contributed by atoms with E-state index >= 15 is 0 Å². The van der Waals surface area contributed by atoms with Crippen molar-refractivity contribution in [1.82, 2.24) is 15.5 Å². The summed E-state index contributed by atoms with van der Waals surface area (Å²) in [4.78, 5) is 15.7. The van der Waals surface area contributed by atoms with Crippen LogP contribution in [0.2, 0.25) is 0 Å². The molecule has 1 heterocycles. The molecule has 0 bridgehead atoms. The van der Waals surface area contributed by atoms with E-state index in [2.05, 4.69) is 104 Å². The second-order valence-electron chi connectivity index (χ2n) is 14.6. The maximum Gasteiger partial charge on any atom is 0.200 e. The minimum atomic E-state index is -0.332. The number of fused-ring (bicyclic) bond motifs is 1. The Kier molecular flexibility index (Phi) is 11.8. The van der Waals surface area contributed by atoms with Crippen molar-refractivity contribution in [3.8, 4) is 0 Å². The largest absolute Gasteiger partial charge is 0.403 e. The van der Waals surface area contributed by atoms with Crippen molar-refractivity contribution in [3.63, 3.8) is 0 Å². The molecule has 0 aromatic carbocycles. The van der Waals surface area contributed by atoms with E-state index in [9.17, 15) is 4.79 Å². The number of hydrogen-bond acceptors (Lipinski definition) is 5. The second kappa shape index (κ2) is 13.3. The lowest BCUT2D eigenvalue weighted by atomic mass is 9.70. The summed E-state index contributed by atoms with van der Waals surface area (Å²) >= 11 is 0. The van der Waals surface area contributed by atoms with Gasteiger partial charge in [-0.25, -0.2) is 0 Å². The Morgan fingerprint density at radius 2 is 1.67 bits per heavy atom. The molecule has 1 saturated carbocycles. The van der Waals surface area contributed by atoms with Crippen molar-refractivity contribution in [3.05, 3.63) is 61.8 Å². The Balaban J connectivity index is 0.00000177. The molecular formula is C34H60N4O. The third-order valence-electron chi connectivity index (χ3n) is 8.21. The van der Waals surface area contributed by atoms with Crippen LogP contribution >= 0.6 is 0 Å². The van der Waals surface area contributed by atoms with Gasteiger partial charge in [-0.1, -0.05) is 101 Å². The summed E-state index contributed by atoms with van der Waals surface area (Å²) in [6, 6.07) is -0.185. The molecule has 2 aliphatic rings. The van der Waals surface area contributed by atoms with Gasteiger partial charge in [0.15, 0.2) is 5.78 Å². The summed E-state index contributed by atoms with van der Waals surface area (Å²) in [7, 11) is 0. The number of hydrogen-bond donors (Lipinski definition) is 3. The molecule has 2 fully saturated rings. The highest BCUT2D eigenvalue weighted by Gasteiger charge is 2.67. The van der Waals surface area contributed by atoms with Crippen LogP contribution in [0.15, 0.2) is 61.8 Å². The molecule has 39 heavy (non-hydrogen) atoms. The topological polar surface area (TPSA) is 70.4 Å². The maximum atomic E-state index is 13.2. The molecule has 5 atom stereocenters. The van der Waals surface area contributed by atoms with Gasteiger partial charge in [0, 0.05) is 30.4 Å². The molecular weight excluding hydrogens is 480 g/mol. The molecule has 0 amide bonds. The average molecular weight is 541 g/mol. The number of Topliss-reactive ketones (excluding diaryl/α,β-unsaturated/α-hetero) is 1. The Labute approximate surface area is 241 Å². The number of rotatable bonds is 13. The van der Waals surface area contributed by atoms with Gasteiger partial charge >= 0.3 is 0 Å². The van der Waals surface area contributed by atoms with Crippen molar-refractivity contribution in [2.75, 3.05) is 13.1 Å². The summed E-state index contributed by atoms with van der Waals surface area (Å²) in [5, 5.41) is 6.64. The fraction of sp³-hybridized carbons (Fsp3) is 0.676. The predicted molar refractivity (Wildman–Crippen MR) is 170 cm³/mol. The Morgan fingerprint density at radius 1 is 1.13 bits per heavy atom. The van der Waals surface area contributed by atoms with E-state index in [0.717, 1.165) is 31.5 Å². The van der Waals surface area contributed by atoms with Gasteiger partial charge < -0.3 is 21.3 Å². The zero-order chi connectivity index (χ0) is 30.5. The SMILES string of the molecule is C=C(C)N.C=CCNC(=C)C(=O)C(CCC)NC(=C)C1C2C(CN1C(=C)C(CC(C)(C)C)C(C)(C)C)C2(C)C. The molecule has 5 heteroatoms. The van der Waals surface area contributed by atoms with E-state index in [1.807, 2.05) is 0 Å².